The topological polar surface area (TPSA) is 88.5 Å². The summed E-state index contributed by atoms with van der Waals surface area (Å²) in [6.45, 7) is 2.60. The average Bonchev–Trinajstić information content (AvgIpc) is 3.51. The predicted octanol–water partition coefficient (Wildman–Crippen LogP) is 6.31. The minimum Gasteiger partial charge on any atom is -0.410 e. The van der Waals surface area contributed by atoms with E-state index in [0.717, 1.165) is 38.9 Å². The summed E-state index contributed by atoms with van der Waals surface area (Å²) in [5.74, 6) is 0.581. The number of aromatic nitrogens is 4. The van der Waals surface area contributed by atoms with Crippen molar-refractivity contribution >= 4 is 33.7 Å². The maximum Gasteiger partial charge on any atom is 0.328 e. The van der Waals surface area contributed by atoms with Gasteiger partial charge in [0.1, 0.15) is 22.9 Å². The first-order valence-corrected chi connectivity index (χ1v) is 13.1. The maximum atomic E-state index is 13.5. The summed E-state index contributed by atoms with van der Waals surface area (Å²) in [4.78, 5) is 23.4. The summed E-state index contributed by atoms with van der Waals surface area (Å²) in [6.07, 6.45) is 5.21. The van der Waals surface area contributed by atoms with Gasteiger partial charge in [0.2, 0.25) is 0 Å². The van der Waals surface area contributed by atoms with Crippen LogP contribution in [0.4, 0.5) is 9.18 Å². The Bertz CT molecular complexity index is 1940. The first-order valence-electron chi connectivity index (χ1n) is 13.1. The highest BCUT2D eigenvalue weighted by molar-refractivity contribution is 6.20. The van der Waals surface area contributed by atoms with Crippen molar-refractivity contribution in [1.82, 2.24) is 24.0 Å². The fourth-order valence-electron chi connectivity index (χ4n) is 5.13. The smallest absolute Gasteiger partial charge is 0.328 e. The molecular weight excluding hydrogens is 519 g/mol. The van der Waals surface area contributed by atoms with Gasteiger partial charge in [-0.2, -0.15) is 0 Å². The molecule has 0 unspecified atom stereocenters. The Morgan fingerprint density at radius 1 is 0.976 bits per heavy atom. The summed E-state index contributed by atoms with van der Waals surface area (Å²) >= 11 is 0. The van der Waals surface area contributed by atoms with Crippen LogP contribution in [-0.4, -0.2) is 55.0 Å². The van der Waals surface area contributed by atoms with Gasteiger partial charge in [0.25, 0.3) is 0 Å². The third-order valence-electron chi connectivity index (χ3n) is 7.24. The van der Waals surface area contributed by atoms with Crippen molar-refractivity contribution in [1.29, 1.82) is 0 Å². The first-order chi connectivity index (χ1) is 19.8. The highest BCUT2D eigenvalue weighted by atomic mass is 19.1. The quantitative estimate of drug-likeness (QED) is 0.156. The molecule has 8 nitrogen and oxygen atoms in total. The number of hydrogen-bond donors (Lipinski definition) is 1. The zero-order valence-electron chi connectivity index (χ0n) is 22.8. The van der Waals surface area contributed by atoms with E-state index < -0.39 is 0 Å². The highest BCUT2D eigenvalue weighted by Crippen LogP contribution is 2.30. The van der Waals surface area contributed by atoms with Gasteiger partial charge in [-0.15, -0.1) is 0 Å². The van der Waals surface area contributed by atoms with Crippen LogP contribution in [0.1, 0.15) is 22.5 Å². The number of nitrogens with zero attached hydrogens (tertiary/aromatic N) is 6. The van der Waals surface area contributed by atoms with Gasteiger partial charge in [-0.05, 0) is 47.9 Å². The lowest BCUT2D eigenvalue weighted by molar-refractivity contribution is 0.220. The Balaban J connectivity index is 1.38. The highest BCUT2D eigenvalue weighted by Gasteiger charge is 2.21. The van der Waals surface area contributed by atoms with E-state index in [2.05, 4.69) is 19.7 Å². The molecule has 0 aliphatic carbocycles. The number of halogens is 1. The van der Waals surface area contributed by atoms with Gasteiger partial charge in [0, 0.05) is 49.5 Å². The van der Waals surface area contributed by atoms with Gasteiger partial charge in [0.15, 0.2) is 0 Å². The van der Waals surface area contributed by atoms with Crippen LogP contribution in [0.3, 0.4) is 0 Å². The van der Waals surface area contributed by atoms with Crippen LogP contribution in [0, 0.1) is 12.7 Å². The molecule has 0 fully saturated rings. The van der Waals surface area contributed by atoms with Crippen LogP contribution in [0.15, 0.2) is 96.5 Å². The number of amides is 1. The van der Waals surface area contributed by atoms with Crippen molar-refractivity contribution in [2.45, 2.75) is 13.5 Å². The molecule has 6 rings (SSSR count). The normalized spacial score (nSPS) is 11.9. The molecule has 1 amide bonds. The number of hydrogen-bond acceptors (Lipinski definition) is 5. The van der Waals surface area contributed by atoms with Crippen molar-refractivity contribution in [3.63, 3.8) is 0 Å². The molecule has 3 heterocycles. The van der Waals surface area contributed by atoms with Gasteiger partial charge in [-0.25, -0.2) is 14.2 Å². The molecule has 0 saturated carbocycles. The van der Waals surface area contributed by atoms with Crippen LogP contribution < -0.4 is 0 Å². The zero-order valence-corrected chi connectivity index (χ0v) is 22.8. The van der Waals surface area contributed by atoms with E-state index in [4.69, 9.17) is 0 Å². The third kappa shape index (κ3) is 4.71. The van der Waals surface area contributed by atoms with Crippen LogP contribution >= 0.6 is 0 Å². The number of benzene rings is 3. The fourth-order valence-corrected chi connectivity index (χ4v) is 5.13. The second kappa shape index (κ2) is 10.3. The Morgan fingerprint density at radius 3 is 2.41 bits per heavy atom. The number of aryl methyl sites for hydroxylation is 1. The van der Waals surface area contributed by atoms with Gasteiger partial charge in [-0.1, -0.05) is 53.7 Å². The van der Waals surface area contributed by atoms with E-state index in [9.17, 15) is 14.4 Å². The Labute approximate surface area is 235 Å². The minimum atomic E-state index is -0.316. The van der Waals surface area contributed by atoms with Crippen molar-refractivity contribution < 1.29 is 14.4 Å². The van der Waals surface area contributed by atoms with E-state index in [1.807, 2.05) is 55.5 Å². The molecule has 3 aromatic heterocycles. The van der Waals surface area contributed by atoms with Gasteiger partial charge in [0.05, 0.1) is 17.2 Å². The second-order valence-corrected chi connectivity index (χ2v) is 10.1. The molecule has 0 saturated heterocycles. The van der Waals surface area contributed by atoms with Crippen LogP contribution in [0.2, 0.25) is 0 Å². The summed E-state index contributed by atoms with van der Waals surface area (Å²) in [5, 5.41) is 14.6. The molecule has 0 aliphatic rings. The average molecular weight is 547 g/mol. The van der Waals surface area contributed by atoms with Crippen molar-refractivity contribution in [2.75, 3.05) is 14.1 Å². The molecule has 6 aromatic rings. The standard InChI is InChI=1S/C32H27FN6O2/c1-20-35-28-17-34-15-14-29(28)38(20)18-21-4-6-23(7-5-21)31(36-41)27-19-39(32(40)37(2)3)30-16-24(10-13-26(27)30)22-8-11-25(33)12-9-22/h4-17,19,41H,18H2,1-3H3. The molecule has 0 radical (unpaired) electrons. The van der Waals surface area contributed by atoms with Gasteiger partial charge < -0.3 is 14.7 Å². The third-order valence-corrected chi connectivity index (χ3v) is 7.24. The Morgan fingerprint density at radius 2 is 1.71 bits per heavy atom. The molecule has 1 N–H and O–H groups in total. The number of rotatable bonds is 5. The minimum absolute atomic E-state index is 0.247. The number of carbonyl (C=O) groups is 1. The summed E-state index contributed by atoms with van der Waals surface area (Å²) in [7, 11) is 3.36. The van der Waals surface area contributed by atoms with Crippen LogP contribution in [0.5, 0.6) is 0 Å². The summed E-state index contributed by atoms with van der Waals surface area (Å²) < 4.78 is 17.2. The van der Waals surface area contributed by atoms with E-state index in [0.29, 0.717) is 28.9 Å². The van der Waals surface area contributed by atoms with Crippen molar-refractivity contribution in [3.05, 3.63) is 120 Å². The monoisotopic (exact) mass is 546 g/mol. The summed E-state index contributed by atoms with van der Waals surface area (Å²) in [5.41, 5.74) is 6.88. The number of imidazole rings is 1. The van der Waals surface area contributed by atoms with E-state index >= 15 is 0 Å². The van der Waals surface area contributed by atoms with Crippen molar-refractivity contribution in [3.8, 4) is 11.1 Å². The van der Waals surface area contributed by atoms with Crippen LogP contribution in [-0.2, 0) is 6.54 Å². The fraction of sp³-hybridized carbons (Fsp3) is 0.125. The Kier molecular flexibility index (Phi) is 6.55. The van der Waals surface area contributed by atoms with E-state index in [-0.39, 0.29) is 11.8 Å². The molecule has 0 aliphatic heterocycles. The number of carbonyl (C=O) groups excluding carboxylic acids is 1. The molecule has 0 spiro atoms. The molecule has 0 bridgehead atoms. The lowest BCUT2D eigenvalue weighted by Crippen LogP contribution is -2.26. The van der Waals surface area contributed by atoms with Gasteiger partial charge in [-0.3, -0.25) is 9.55 Å². The van der Waals surface area contributed by atoms with E-state index in [1.165, 1.54) is 17.0 Å². The lowest BCUT2D eigenvalue weighted by Gasteiger charge is -2.12. The van der Waals surface area contributed by atoms with Gasteiger partial charge >= 0.3 is 6.03 Å². The zero-order chi connectivity index (χ0) is 28.7. The number of oxime groups is 1. The SMILES string of the molecule is Cc1nc2cnccc2n1Cc1ccc(C(=NO)c2cn(C(=O)N(C)C)c3cc(-c4ccc(F)cc4)ccc23)cc1. The van der Waals surface area contributed by atoms with Crippen molar-refractivity contribution in [2.24, 2.45) is 5.16 Å². The largest absolute Gasteiger partial charge is 0.410 e. The lowest BCUT2D eigenvalue weighted by atomic mass is 9.98. The maximum absolute atomic E-state index is 13.5. The van der Waals surface area contributed by atoms with Crippen LogP contribution in [0.25, 0.3) is 33.1 Å². The molecule has 204 valence electrons. The molecule has 3 aromatic carbocycles. The first kappa shape index (κ1) is 25.9. The molecule has 41 heavy (non-hydrogen) atoms. The molecular formula is C32H27FN6O2. The number of pyridine rings is 1. The summed E-state index contributed by atoms with van der Waals surface area (Å²) in [6, 6.07) is 21.4. The Hall–Kier alpha value is -5.31. The molecule has 9 heteroatoms. The predicted molar refractivity (Wildman–Crippen MR) is 157 cm³/mol. The number of fused-ring (bicyclic) bond motifs is 2. The molecule has 0 atom stereocenters. The second-order valence-electron chi connectivity index (χ2n) is 10.1. The van der Waals surface area contributed by atoms with E-state index in [1.54, 1.807) is 49.4 Å².